The highest BCUT2D eigenvalue weighted by Gasteiger charge is 2.29. The molecule has 5 rings (SSSR count). The van der Waals surface area contributed by atoms with Crippen molar-refractivity contribution in [2.24, 2.45) is 5.92 Å². The van der Waals surface area contributed by atoms with Crippen LogP contribution in [-0.4, -0.2) is 49.3 Å². The summed E-state index contributed by atoms with van der Waals surface area (Å²) >= 11 is -2.87. The second-order valence-corrected chi connectivity index (χ2v) is 17.5. The number of nitrogens with one attached hydrogen (secondary N) is 4. The molecular weight excluding hydrogens is 753 g/mol. The van der Waals surface area contributed by atoms with E-state index >= 15 is 0 Å². The molecule has 1 aliphatic rings. The van der Waals surface area contributed by atoms with Crippen molar-refractivity contribution in [3.8, 4) is 11.5 Å². The summed E-state index contributed by atoms with van der Waals surface area (Å²) in [6.45, 7) is 15.9. The molecule has 0 spiro atoms. The van der Waals surface area contributed by atoms with Crippen LogP contribution in [0.1, 0.15) is 61.4 Å². The highest BCUT2D eigenvalue weighted by molar-refractivity contribution is 7.89. The molecule has 0 saturated heterocycles. The fourth-order valence-corrected chi connectivity index (χ4v) is 8.73. The van der Waals surface area contributed by atoms with E-state index < -0.39 is 42.1 Å². The molecule has 288 valence electrons. The molecule has 13 nitrogen and oxygen atoms in total. The number of urea groups is 1. The summed E-state index contributed by atoms with van der Waals surface area (Å²) < 4.78 is 97.3. The third kappa shape index (κ3) is 8.53. The minimum absolute atomic E-state index is 0.0232. The van der Waals surface area contributed by atoms with E-state index in [1.165, 1.54) is 48.5 Å². The van der Waals surface area contributed by atoms with E-state index in [4.69, 9.17) is 4.74 Å². The SMILES string of the molecule is C=c1cc2c(cc1S(=O)(=O)NCCCC)=C(c1ccccc1S(=O)(=O)O)c1cc(S(=O)[O-])c(Nc3c(C)cc(C)c(NC(=O)NCC(C)C)c3C)cc1O2. The van der Waals surface area contributed by atoms with E-state index in [2.05, 4.69) is 27.3 Å². The number of carbonyl (C=O) groups is 1. The van der Waals surface area contributed by atoms with Crippen LogP contribution in [0.4, 0.5) is 21.9 Å². The van der Waals surface area contributed by atoms with Crippen LogP contribution in [0.2, 0.25) is 0 Å². The van der Waals surface area contributed by atoms with Crippen LogP contribution in [0.5, 0.6) is 11.5 Å². The summed E-state index contributed by atoms with van der Waals surface area (Å²) in [6, 6.07) is 12.5. The molecule has 16 heteroatoms. The van der Waals surface area contributed by atoms with Gasteiger partial charge in [-0.15, -0.1) is 0 Å². The Morgan fingerprint density at radius 2 is 1.63 bits per heavy atom. The van der Waals surface area contributed by atoms with Crippen LogP contribution in [0.25, 0.3) is 12.2 Å². The minimum Gasteiger partial charge on any atom is -0.768 e. The summed E-state index contributed by atoms with van der Waals surface area (Å²) in [6.07, 6.45) is 1.33. The Kier molecular flexibility index (Phi) is 12.1. The van der Waals surface area contributed by atoms with Crippen molar-refractivity contribution in [3.05, 3.63) is 92.9 Å². The molecule has 2 amide bonds. The number of anilines is 3. The van der Waals surface area contributed by atoms with Gasteiger partial charge in [0.25, 0.3) is 10.1 Å². The number of hydrogen-bond acceptors (Lipinski definition) is 9. The van der Waals surface area contributed by atoms with Gasteiger partial charge in [0.05, 0.1) is 16.3 Å². The fraction of sp³-hybridized carbons (Fsp3) is 0.289. The van der Waals surface area contributed by atoms with Gasteiger partial charge < -0.3 is 25.2 Å². The first-order valence-electron chi connectivity index (χ1n) is 17.2. The van der Waals surface area contributed by atoms with Gasteiger partial charge in [-0.3, -0.25) is 8.76 Å². The van der Waals surface area contributed by atoms with Crippen LogP contribution < -0.4 is 35.8 Å². The number of hydrogen-bond donors (Lipinski definition) is 5. The zero-order valence-electron chi connectivity index (χ0n) is 30.7. The average molecular weight is 796 g/mol. The Balaban J connectivity index is 1.75. The molecule has 0 fully saturated rings. The molecule has 0 bridgehead atoms. The summed E-state index contributed by atoms with van der Waals surface area (Å²) in [5, 5.41) is 9.17. The van der Waals surface area contributed by atoms with Gasteiger partial charge in [0.1, 0.15) is 16.4 Å². The quantitative estimate of drug-likeness (QED) is 0.0579. The molecule has 5 N–H and O–H groups in total. The molecule has 4 aromatic rings. The molecule has 1 atom stereocenters. The third-order valence-electron chi connectivity index (χ3n) is 8.87. The molecular formula is C38H43N4O9S3-. The largest absolute Gasteiger partial charge is 0.768 e. The van der Waals surface area contributed by atoms with Crippen molar-refractivity contribution >= 4 is 66.5 Å². The normalized spacial score (nSPS) is 13.2. The lowest BCUT2D eigenvalue weighted by Crippen LogP contribution is -2.32. The number of aryl methyl sites for hydroxylation is 2. The molecule has 0 aromatic heterocycles. The molecule has 0 saturated carbocycles. The molecule has 1 aliphatic heterocycles. The number of fused-ring (bicyclic) bond motifs is 2. The standard InChI is InChI=1S/C38H44N4O9S3/c1-8-9-14-40-53(46,47)34-18-28-30(16-22(34)4)51-31-19-29(41-36-23(5)15-24(6)37(25(36)7)42-38(43)39-20-21(2)3)32(52(44)45)17-27(31)35(28)26-12-10-11-13-33(26)54(48,49)50/h10-13,15-19,21,40-41H,4,8-9,14,20H2,1-3,5-7H3,(H,44,45)(H2,39,42,43)(H,48,49,50)/p-1. The number of ether oxygens (including phenoxy) is 1. The molecule has 1 unspecified atom stereocenters. The molecule has 0 aliphatic carbocycles. The highest BCUT2D eigenvalue weighted by atomic mass is 32.2. The van der Waals surface area contributed by atoms with Crippen LogP contribution in [0.15, 0.2) is 69.3 Å². The van der Waals surface area contributed by atoms with Gasteiger partial charge >= 0.3 is 6.03 Å². The monoisotopic (exact) mass is 795 g/mol. The summed E-state index contributed by atoms with van der Waals surface area (Å²) in [7, 11) is -8.93. The van der Waals surface area contributed by atoms with Gasteiger partial charge in [0.2, 0.25) is 10.0 Å². The molecule has 0 radical (unpaired) electrons. The maximum Gasteiger partial charge on any atom is 0.319 e. The average Bonchev–Trinajstić information content (AvgIpc) is 3.09. The molecule has 4 aromatic carbocycles. The number of carbonyl (C=O) groups excluding carboxylic acids is 1. The first kappa shape index (κ1) is 40.6. The van der Waals surface area contributed by atoms with Crippen LogP contribution >= 0.6 is 0 Å². The zero-order valence-corrected chi connectivity index (χ0v) is 33.2. The second kappa shape index (κ2) is 16.0. The second-order valence-electron chi connectivity index (χ2n) is 13.5. The van der Waals surface area contributed by atoms with Crippen molar-refractivity contribution in [3.63, 3.8) is 0 Å². The van der Waals surface area contributed by atoms with Crippen molar-refractivity contribution in [1.29, 1.82) is 0 Å². The number of benzene rings is 4. The Morgan fingerprint density at radius 1 is 0.944 bits per heavy atom. The van der Waals surface area contributed by atoms with Crippen molar-refractivity contribution in [1.82, 2.24) is 10.0 Å². The third-order valence-corrected chi connectivity index (χ3v) is 12.0. The maximum absolute atomic E-state index is 13.5. The Morgan fingerprint density at radius 3 is 2.28 bits per heavy atom. The van der Waals surface area contributed by atoms with Gasteiger partial charge in [0, 0.05) is 51.7 Å². The lowest BCUT2D eigenvalue weighted by molar-refractivity contribution is 0.251. The van der Waals surface area contributed by atoms with E-state index in [0.29, 0.717) is 29.9 Å². The van der Waals surface area contributed by atoms with Gasteiger partial charge in [-0.1, -0.05) is 58.0 Å². The smallest absolute Gasteiger partial charge is 0.319 e. The number of rotatable bonds is 13. The van der Waals surface area contributed by atoms with E-state index in [1.54, 1.807) is 6.92 Å². The van der Waals surface area contributed by atoms with Crippen LogP contribution in [0.3, 0.4) is 0 Å². The predicted molar refractivity (Wildman–Crippen MR) is 209 cm³/mol. The van der Waals surface area contributed by atoms with Gasteiger partial charge in [-0.2, -0.15) is 8.42 Å². The van der Waals surface area contributed by atoms with Gasteiger partial charge in [0.15, 0.2) is 0 Å². The van der Waals surface area contributed by atoms with E-state index in [9.17, 15) is 34.9 Å². The van der Waals surface area contributed by atoms with Crippen molar-refractivity contribution in [2.45, 2.75) is 69.1 Å². The molecule has 54 heavy (non-hydrogen) atoms. The number of unbranched alkanes of at least 4 members (excludes halogenated alkanes) is 1. The Hall–Kier alpha value is -4.58. The van der Waals surface area contributed by atoms with Crippen LogP contribution in [0, 0.1) is 26.7 Å². The lowest BCUT2D eigenvalue weighted by Gasteiger charge is -2.26. The fourth-order valence-electron chi connectivity index (χ4n) is 6.28. The summed E-state index contributed by atoms with van der Waals surface area (Å²) in [4.78, 5) is 11.8. The number of sulfonamides is 1. The minimum atomic E-state index is -4.83. The molecule has 1 heterocycles. The first-order chi connectivity index (χ1) is 25.3. The van der Waals surface area contributed by atoms with E-state index in [1.807, 2.05) is 40.7 Å². The van der Waals surface area contributed by atoms with Crippen molar-refractivity contribution in [2.75, 3.05) is 23.7 Å². The Bertz CT molecular complexity index is 2520. The van der Waals surface area contributed by atoms with Crippen LogP contribution in [-0.2, 0) is 31.2 Å². The lowest BCUT2D eigenvalue weighted by atomic mass is 9.92. The summed E-state index contributed by atoms with van der Waals surface area (Å²) in [5.74, 6) is 0.452. The number of amides is 2. The predicted octanol–water partition coefficient (Wildman–Crippen LogP) is 5.46. The first-order valence-corrected chi connectivity index (χ1v) is 21.2. The van der Waals surface area contributed by atoms with E-state index in [0.717, 1.165) is 17.5 Å². The summed E-state index contributed by atoms with van der Waals surface area (Å²) in [5.41, 5.74) is 3.53. The van der Waals surface area contributed by atoms with Gasteiger partial charge in [-0.25, -0.2) is 17.9 Å². The topological polar surface area (TPSA) is 203 Å². The van der Waals surface area contributed by atoms with Gasteiger partial charge in [-0.05, 0) is 90.4 Å². The Labute approximate surface area is 318 Å². The van der Waals surface area contributed by atoms with E-state index in [-0.39, 0.29) is 66.6 Å². The maximum atomic E-state index is 13.5. The highest BCUT2D eigenvalue weighted by Crippen LogP contribution is 2.43. The van der Waals surface area contributed by atoms with Crippen molar-refractivity contribution < 1.29 is 39.7 Å². The zero-order chi connectivity index (χ0) is 39.7.